The number of esters is 1. The zero-order valence-electron chi connectivity index (χ0n) is 32.0. The Labute approximate surface area is 320 Å². The van der Waals surface area contributed by atoms with Crippen molar-refractivity contribution in [1.82, 2.24) is 20.3 Å². The summed E-state index contributed by atoms with van der Waals surface area (Å²) >= 11 is 1.17. The van der Waals surface area contributed by atoms with Crippen molar-refractivity contribution in [1.29, 1.82) is 0 Å². The number of sulfonamides is 1. The molecule has 3 fully saturated rings. The van der Waals surface area contributed by atoms with Gasteiger partial charge in [-0.05, 0) is 45.4 Å². The van der Waals surface area contributed by atoms with Crippen molar-refractivity contribution in [2.24, 2.45) is 17.3 Å². The molecule has 2 saturated carbocycles. The highest BCUT2D eigenvalue weighted by atomic mass is 32.2. The molecule has 0 spiro atoms. The number of nitrogens with zero attached hydrogens (tertiary/aromatic N) is 1. The van der Waals surface area contributed by atoms with E-state index in [1.165, 1.54) is 40.2 Å². The number of aliphatic hydroxyl groups is 1. The smallest absolute Gasteiger partial charge is 0.412 e. The maximum Gasteiger partial charge on any atom is 0.412 e. The van der Waals surface area contributed by atoms with E-state index in [2.05, 4.69) is 33.8 Å². The van der Waals surface area contributed by atoms with Crippen molar-refractivity contribution in [3.05, 3.63) is 41.1 Å². The monoisotopic (exact) mass is 795 g/mol. The van der Waals surface area contributed by atoms with Gasteiger partial charge in [0.1, 0.15) is 29.5 Å². The number of hydrogen-bond acceptors (Lipinski definition) is 13. The maximum absolute atomic E-state index is 14.5. The molecule has 1 aliphatic heterocycles. The van der Waals surface area contributed by atoms with Crippen LogP contribution in [0.25, 0.3) is 0 Å². The van der Waals surface area contributed by atoms with Gasteiger partial charge in [-0.2, -0.15) is 0 Å². The lowest BCUT2D eigenvalue weighted by Gasteiger charge is -2.38. The van der Waals surface area contributed by atoms with Gasteiger partial charge in [0.15, 0.2) is 0 Å². The lowest BCUT2D eigenvalue weighted by Crippen LogP contribution is -2.60. The molecule has 1 saturated heterocycles. The number of thiophene rings is 1. The Hall–Kier alpha value is -4.00. The standard InChI is InChI=1S/C36H53N5O11S2/c1-11-19(2)24-15-36(24,31(45)40-54(48,49)22-12-13-22)39-28(42)20(3)26-14-21(51-32(46)37-25-18-53-17-23(25)30(44)50-10)16-41(26)29(43)27(34(4,5)6)38-33(47)52-35(7,8)9/h11,17-18,20-22,24,26-28,39,42H,1-2,12-16H2,3-10H3,(H,37,46)(H,38,47)(H,40,45)/t20?,21?,24?,26?,27-,28?,36?/m1/s1. The number of rotatable bonds is 14. The summed E-state index contributed by atoms with van der Waals surface area (Å²) < 4.78 is 43.6. The van der Waals surface area contributed by atoms with Crippen molar-refractivity contribution in [3.8, 4) is 0 Å². The van der Waals surface area contributed by atoms with E-state index >= 15 is 0 Å². The Morgan fingerprint density at radius 1 is 1.09 bits per heavy atom. The van der Waals surface area contributed by atoms with Crippen LogP contribution < -0.4 is 20.7 Å². The number of carbonyl (C=O) groups is 5. The van der Waals surface area contributed by atoms with Crippen LogP contribution in [-0.2, 0) is 33.8 Å². The van der Waals surface area contributed by atoms with E-state index in [0.717, 1.165) is 0 Å². The molecule has 0 radical (unpaired) electrons. The molecule has 2 heterocycles. The minimum Gasteiger partial charge on any atom is -0.465 e. The first-order chi connectivity index (χ1) is 24.9. The number of alkyl carbamates (subject to hydrolysis) is 1. The number of hydrogen-bond donors (Lipinski definition) is 5. The van der Waals surface area contributed by atoms with Crippen molar-refractivity contribution in [2.75, 3.05) is 19.0 Å². The SMILES string of the molecule is C=CC(=C)C1CC1(NC(O)C(C)C1CC(OC(=O)Nc2cscc2C(=O)OC)CN1C(=O)[C@@H](NC(=O)OC(C)(C)C)C(C)(C)C)C(=O)NS(=O)(=O)C1CC1. The van der Waals surface area contributed by atoms with Gasteiger partial charge < -0.3 is 29.5 Å². The van der Waals surface area contributed by atoms with Crippen LogP contribution in [0.15, 0.2) is 35.6 Å². The second kappa shape index (κ2) is 16.0. The Bertz CT molecular complexity index is 1760. The molecule has 1 aromatic rings. The summed E-state index contributed by atoms with van der Waals surface area (Å²) in [6, 6.07) is -1.95. The number of carbonyl (C=O) groups excluding carboxylic acids is 5. The van der Waals surface area contributed by atoms with E-state index in [1.54, 1.807) is 48.5 Å². The molecule has 0 bridgehead atoms. The van der Waals surface area contributed by atoms with Gasteiger partial charge in [-0.1, -0.05) is 52.5 Å². The van der Waals surface area contributed by atoms with Gasteiger partial charge in [-0.15, -0.1) is 11.3 Å². The summed E-state index contributed by atoms with van der Waals surface area (Å²) in [6.07, 6.45) is -1.61. The molecule has 16 nitrogen and oxygen atoms in total. The quantitative estimate of drug-likeness (QED) is 0.0789. The topological polar surface area (TPSA) is 219 Å². The number of likely N-dealkylation sites (tertiary alicyclic amines) is 1. The molecule has 3 aliphatic rings. The van der Waals surface area contributed by atoms with Crippen molar-refractivity contribution >= 4 is 57.0 Å². The summed E-state index contributed by atoms with van der Waals surface area (Å²) in [5.41, 5.74) is -2.44. The fraction of sp³-hybridized carbons (Fsp3) is 0.639. The van der Waals surface area contributed by atoms with Gasteiger partial charge in [0.05, 0.1) is 30.2 Å². The van der Waals surface area contributed by atoms with Crippen LogP contribution >= 0.6 is 11.3 Å². The number of ether oxygens (including phenoxy) is 3. The molecule has 5 N–H and O–H groups in total. The third-order valence-electron chi connectivity index (χ3n) is 9.72. The fourth-order valence-electron chi connectivity index (χ4n) is 6.47. The average molecular weight is 796 g/mol. The minimum atomic E-state index is -3.92. The van der Waals surface area contributed by atoms with Gasteiger partial charge in [-0.25, -0.2) is 22.8 Å². The zero-order chi connectivity index (χ0) is 40.6. The molecule has 54 heavy (non-hydrogen) atoms. The molecule has 300 valence electrons. The van der Waals surface area contributed by atoms with Crippen LogP contribution in [0.2, 0.25) is 0 Å². The van der Waals surface area contributed by atoms with Gasteiger partial charge in [0.2, 0.25) is 15.9 Å². The molecular formula is C36H53N5O11S2. The van der Waals surface area contributed by atoms with Gasteiger partial charge >= 0.3 is 18.2 Å². The van der Waals surface area contributed by atoms with Crippen LogP contribution in [0.1, 0.15) is 84.5 Å². The number of methoxy groups -OCH3 is 1. The summed E-state index contributed by atoms with van der Waals surface area (Å²) in [5, 5.41) is 22.3. The molecule has 18 heteroatoms. The Balaban J connectivity index is 1.61. The summed E-state index contributed by atoms with van der Waals surface area (Å²) in [4.78, 5) is 67.7. The van der Waals surface area contributed by atoms with Crippen LogP contribution in [0.5, 0.6) is 0 Å². The first-order valence-electron chi connectivity index (χ1n) is 17.7. The van der Waals surface area contributed by atoms with E-state index in [1.807, 2.05) is 0 Å². The Morgan fingerprint density at radius 2 is 1.74 bits per heavy atom. The van der Waals surface area contributed by atoms with Crippen LogP contribution in [0.4, 0.5) is 15.3 Å². The molecule has 6 unspecified atom stereocenters. The number of anilines is 1. The number of nitrogens with one attached hydrogen (secondary N) is 4. The lowest BCUT2D eigenvalue weighted by molar-refractivity contribution is -0.139. The third kappa shape index (κ3) is 9.99. The predicted octanol–water partition coefficient (Wildman–Crippen LogP) is 3.65. The van der Waals surface area contributed by atoms with E-state index in [0.29, 0.717) is 18.4 Å². The van der Waals surface area contributed by atoms with Gasteiger partial charge in [0.25, 0.3) is 5.91 Å². The molecule has 4 amide bonds. The van der Waals surface area contributed by atoms with Crippen LogP contribution in [-0.4, -0.2) is 103 Å². The minimum absolute atomic E-state index is 0.0356. The summed E-state index contributed by atoms with van der Waals surface area (Å²) in [6.45, 7) is 19.5. The summed E-state index contributed by atoms with van der Waals surface area (Å²) in [5.74, 6) is -3.44. The second-order valence-corrected chi connectivity index (χ2v) is 18.9. The Kier molecular flexibility index (Phi) is 12.7. The van der Waals surface area contributed by atoms with Gasteiger partial charge in [0, 0.05) is 35.1 Å². The molecule has 0 aromatic carbocycles. The third-order valence-corrected chi connectivity index (χ3v) is 12.3. The van der Waals surface area contributed by atoms with E-state index in [4.69, 9.17) is 14.2 Å². The van der Waals surface area contributed by atoms with E-state index < -0.39 is 98.0 Å². The fourth-order valence-corrected chi connectivity index (χ4v) is 8.59. The number of amides is 4. The second-order valence-electron chi connectivity index (χ2n) is 16.2. The first kappa shape index (κ1) is 42.7. The van der Waals surface area contributed by atoms with Crippen molar-refractivity contribution in [2.45, 2.75) is 115 Å². The normalized spacial score (nSPS) is 24.3. The molecule has 4 rings (SSSR count). The van der Waals surface area contributed by atoms with E-state index in [-0.39, 0.29) is 30.6 Å². The van der Waals surface area contributed by atoms with E-state index in [9.17, 15) is 37.5 Å². The van der Waals surface area contributed by atoms with Crippen molar-refractivity contribution < 1.29 is 51.7 Å². The van der Waals surface area contributed by atoms with Gasteiger partial charge in [-0.3, -0.25) is 24.9 Å². The maximum atomic E-state index is 14.5. The summed E-state index contributed by atoms with van der Waals surface area (Å²) in [7, 11) is -2.71. The Morgan fingerprint density at radius 3 is 2.30 bits per heavy atom. The first-order valence-corrected chi connectivity index (χ1v) is 20.2. The highest BCUT2D eigenvalue weighted by Crippen LogP contribution is 2.49. The number of aliphatic hydroxyl groups excluding tert-OH is 1. The molecular weight excluding hydrogens is 743 g/mol. The molecule has 1 aromatic heterocycles. The van der Waals surface area contributed by atoms with Crippen LogP contribution in [0, 0.1) is 17.3 Å². The highest BCUT2D eigenvalue weighted by Gasteiger charge is 2.63. The largest absolute Gasteiger partial charge is 0.465 e. The van der Waals surface area contributed by atoms with Crippen LogP contribution in [0.3, 0.4) is 0 Å². The highest BCUT2D eigenvalue weighted by molar-refractivity contribution is 7.91. The number of allylic oxidation sites excluding steroid dienone is 1. The molecule has 7 atom stereocenters. The predicted molar refractivity (Wildman–Crippen MR) is 201 cm³/mol. The van der Waals surface area contributed by atoms with Crippen molar-refractivity contribution in [3.63, 3.8) is 0 Å². The lowest BCUT2D eigenvalue weighted by atomic mass is 9.85. The molecule has 2 aliphatic carbocycles. The average Bonchev–Trinajstić information content (AvgIpc) is 3.96. The zero-order valence-corrected chi connectivity index (χ0v) is 33.6.